The second-order valence-corrected chi connectivity index (χ2v) is 7.99. The van der Waals surface area contributed by atoms with Gasteiger partial charge in [0.05, 0.1) is 16.5 Å². The molecule has 0 spiro atoms. The Labute approximate surface area is 170 Å². The summed E-state index contributed by atoms with van der Waals surface area (Å²) in [6.45, 7) is 5.07. The number of aryl methyl sites for hydroxylation is 1. The number of rotatable bonds is 6. The lowest BCUT2D eigenvalue weighted by molar-refractivity contribution is -0.124. The quantitative estimate of drug-likeness (QED) is 0.755. The van der Waals surface area contributed by atoms with Gasteiger partial charge in [0.15, 0.2) is 6.61 Å². The lowest BCUT2D eigenvalue weighted by Gasteiger charge is -2.16. The van der Waals surface area contributed by atoms with Gasteiger partial charge in [0.25, 0.3) is 11.5 Å². The Morgan fingerprint density at radius 1 is 1.21 bits per heavy atom. The van der Waals surface area contributed by atoms with Crippen LogP contribution in [0.5, 0.6) is 0 Å². The van der Waals surface area contributed by atoms with Crippen molar-refractivity contribution in [1.29, 1.82) is 0 Å². The number of carbonyl (C=O) groups is 2. The summed E-state index contributed by atoms with van der Waals surface area (Å²) in [5, 5.41) is 3.23. The Morgan fingerprint density at radius 3 is 2.79 bits per heavy atom. The van der Waals surface area contributed by atoms with Crippen molar-refractivity contribution in [3.05, 3.63) is 39.9 Å². The van der Waals surface area contributed by atoms with Crippen molar-refractivity contribution in [3.8, 4) is 0 Å². The molecule has 1 amide bonds. The lowest BCUT2D eigenvalue weighted by Crippen LogP contribution is -2.30. The number of hydrogen-bond donors (Lipinski definition) is 1. The molecular weight excluding hydrogens is 370 g/mol. The fourth-order valence-corrected chi connectivity index (χ4v) is 3.49. The van der Waals surface area contributed by atoms with E-state index < -0.39 is 5.97 Å². The first-order chi connectivity index (χ1) is 14.0. The molecule has 0 atom stereocenters. The Kier molecular flexibility index (Phi) is 7.01. The van der Waals surface area contributed by atoms with E-state index in [4.69, 9.17) is 4.74 Å². The van der Waals surface area contributed by atoms with Gasteiger partial charge in [0, 0.05) is 19.5 Å². The Hall–Kier alpha value is -2.70. The molecule has 29 heavy (non-hydrogen) atoms. The number of amides is 1. The molecule has 7 nitrogen and oxygen atoms in total. The number of aromatic nitrogens is 2. The second kappa shape index (κ2) is 9.67. The van der Waals surface area contributed by atoms with E-state index in [0.29, 0.717) is 29.9 Å². The second-order valence-electron chi connectivity index (χ2n) is 7.99. The third-order valence-corrected chi connectivity index (χ3v) is 5.18. The van der Waals surface area contributed by atoms with Crippen molar-refractivity contribution in [2.45, 2.75) is 58.9 Å². The SMILES string of the molecule is CC(C)CCNC(=O)COC(=O)c1ccc2c(=O)n3c(nc2c1)CCCCCC3. The monoisotopic (exact) mass is 399 g/mol. The molecular formula is C22H29N3O4. The Morgan fingerprint density at radius 2 is 2.00 bits per heavy atom. The van der Waals surface area contributed by atoms with Gasteiger partial charge in [-0.25, -0.2) is 9.78 Å². The number of esters is 1. The first kappa shape index (κ1) is 21.0. The first-order valence-corrected chi connectivity index (χ1v) is 10.4. The largest absolute Gasteiger partial charge is 0.452 e. The molecule has 1 aliphatic rings. The van der Waals surface area contributed by atoms with E-state index in [-0.39, 0.29) is 23.6 Å². The first-order valence-electron chi connectivity index (χ1n) is 10.4. The summed E-state index contributed by atoms with van der Waals surface area (Å²) >= 11 is 0. The molecule has 0 bridgehead atoms. The lowest BCUT2D eigenvalue weighted by atomic mass is 10.1. The third-order valence-electron chi connectivity index (χ3n) is 5.18. The average Bonchev–Trinajstić information content (AvgIpc) is 2.67. The van der Waals surface area contributed by atoms with Gasteiger partial charge in [-0.05, 0) is 43.4 Å². The molecule has 0 saturated carbocycles. The van der Waals surface area contributed by atoms with Crippen LogP contribution in [0.4, 0.5) is 0 Å². The number of nitrogens with zero attached hydrogens (tertiary/aromatic N) is 2. The smallest absolute Gasteiger partial charge is 0.338 e. The van der Waals surface area contributed by atoms with Gasteiger partial charge >= 0.3 is 5.97 Å². The van der Waals surface area contributed by atoms with E-state index in [1.54, 1.807) is 22.8 Å². The molecule has 0 saturated heterocycles. The summed E-state index contributed by atoms with van der Waals surface area (Å²) in [6.07, 6.45) is 5.88. The van der Waals surface area contributed by atoms with E-state index in [0.717, 1.165) is 44.3 Å². The third kappa shape index (κ3) is 5.43. The van der Waals surface area contributed by atoms with Gasteiger partial charge < -0.3 is 10.1 Å². The van der Waals surface area contributed by atoms with Crippen LogP contribution in [0.3, 0.4) is 0 Å². The number of ether oxygens (including phenoxy) is 1. The average molecular weight is 399 g/mol. The van der Waals surface area contributed by atoms with Gasteiger partial charge in [0.2, 0.25) is 0 Å². The van der Waals surface area contributed by atoms with E-state index in [9.17, 15) is 14.4 Å². The van der Waals surface area contributed by atoms with Gasteiger partial charge in [-0.3, -0.25) is 14.2 Å². The zero-order valence-electron chi connectivity index (χ0n) is 17.2. The Balaban J connectivity index is 1.72. The number of carbonyl (C=O) groups excluding carboxylic acids is 2. The molecule has 1 N–H and O–H groups in total. The highest BCUT2D eigenvalue weighted by Gasteiger charge is 2.16. The van der Waals surface area contributed by atoms with Crippen LogP contribution in [0.15, 0.2) is 23.0 Å². The van der Waals surface area contributed by atoms with Crippen molar-refractivity contribution in [2.75, 3.05) is 13.2 Å². The molecule has 0 aliphatic carbocycles. The van der Waals surface area contributed by atoms with Crippen LogP contribution in [0.2, 0.25) is 0 Å². The predicted molar refractivity (Wildman–Crippen MR) is 111 cm³/mol. The van der Waals surface area contributed by atoms with Crippen molar-refractivity contribution in [2.24, 2.45) is 5.92 Å². The summed E-state index contributed by atoms with van der Waals surface area (Å²) in [6, 6.07) is 4.76. The van der Waals surface area contributed by atoms with E-state index in [1.807, 2.05) is 0 Å². The maximum absolute atomic E-state index is 12.8. The van der Waals surface area contributed by atoms with Crippen LogP contribution in [0.1, 0.15) is 62.1 Å². The molecule has 2 aromatic rings. The highest BCUT2D eigenvalue weighted by atomic mass is 16.5. The molecule has 2 heterocycles. The van der Waals surface area contributed by atoms with Crippen molar-refractivity contribution in [1.82, 2.24) is 14.9 Å². The topological polar surface area (TPSA) is 90.3 Å². The number of benzene rings is 1. The van der Waals surface area contributed by atoms with E-state index in [1.165, 1.54) is 0 Å². The predicted octanol–water partition coefficient (Wildman–Crippen LogP) is 2.83. The van der Waals surface area contributed by atoms with Crippen LogP contribution < -0.4 is 10.9 Å². The summed E-state index contributed by atoms with van der Waals surface area (Å²) in [7, 11) is 0. The highest BCUT2D eigenvalue weighted by Crippen LogP contribution is 2.17. The fourth-order valence-electron chi connectivity index (χ4n) is 3.49. The molecule has 3 rings (SSSR count). The van der Waals surface area contributed by atoms with Crippen LogP contribution in [0, 0.1) is 5.92 Å². The van der Waals surface area contributed by atoms with Crippen LogP contribution in [0.25, 0.3) is 10.9 Å². The molecule has 0 unspecified atom stereocenters. The maximum Gasteiger partial charge on any atom is 0.338 e. The molecule has 0 fully saturated rings. The number of hydrogen-bond acceptors (Lipinski definition) is 5. The van der Waals surface area contributed by atoms with Gasteiger partial charge in [-0.15, -0.1) is 0 Å². The number of fused-ring (bicyclic) bond motifs is 2. The minimum Gasteiger partial charge on any atom is -0.452 e. The maximum atomic E-state index is 12.8. The van der Waals surface area contributed by atoms with Crippen LogP contribution >= 0.6 is 0 Å². The van der Waals surface area contributed by atoms with Gasteiger partial charge in [0.1, 0.15) is 5.82 Å². The summed E-state index contributed by atoms with van der Waals surface area (Å²) in [5.41, 5.74) is 0.726. The van der Waals surface area contributed by atoms with Crippen LogP contribution in [-0.2, 0) is 22.5 Å². The van der Waals surface area contributed by atoms with E-state index in [2.05, 4.69) is 24.1 Å². The minimum absolute atomic E-state index is 0.0589. The summed E-state index contributed by atoms with van der Waals surface area (Å²) in [5.74, 6) is 0.348. The highest BCUT2D eigenvalue weighted by molar-refractivity contribution is 5.95. The molecule has 1 aromatic heterocycles. The van der Waals surface area contributed by atoms with Crippen LogP contribution in [-0.4, -0.2) is 34.6 Å². The van der Waals surface area contributed by atoms with Crippen molar-refractivity contribution < 1.29 is 14.3 Å². The summed E-state index contributed by atoms with van der Waals surface area (Å²) < 4.78 is 6.88. The standard InChI is InChI=1S/C22H29N3O4/c1-15(2)10-11-23-20(26)14-29-22(28)16-8-9-17-18(13-16)24-19-7-5-3-4-6-12-25(19)21(17)27/h8-9,13,15H,3-7,10-12,14H2,1-2H3,(H,23,26). The molecule has 7 heteroatoms. The Bertz CT molecular complexity index is 949. The van der Waals surface area contributed by atoms with Crippen molar-refractivity contribution in [3.63, 3.8) is 0 Å². The van der Waals surface area contributed by atoms with Gasteiger partial charge in [-0.2, -0.15) is 0 Å². The molecule has 156 valence electrons. The zero-order valence-corrected chi connectivity index (χ0v) is 17.2. The number of nitrogens with one attached hydrogen (secondary N) is 1. The fraction of sp³-hybridized carbons (Fsp3) is 0.545. The normalized spacial score (nSPS) is 14.2. The van der Waals surface area contributed by atoms with Crippen molar-refractivity contribution >= 4 is 22.8 Å². The van der Waals surface area contributed by atoms with Gasteiger partial charge in [-0.1, -0.05) is 26.7 Å². The summed E-state index contributed by atoms with van der Waals surface area (Å²) in [4.78, 5) is 41.6. The molecule has 0 radical (unpaired) electrons. The minimum atomic E-state index is -0.598. The molecule has 1 aromatic carbocycles. The molecule has 1 aliphatic heterocycles. The van der Waals surface area contributed by atoms with E-state index >= 15 is 0 Å². The zero-order chi connectivity index (χ0) is 20.8.